The van der Waals surface area contributed by atoms with E-state index in [-0.39, 0.29) is 5.56 Å². The molecule has 4 heterocycles. The minimum absolute atomic E-state index is 0.240. The number of ether oxygens (including phenoxy) is 1. The van der Waals surface area contributed by atoms with Gasteiger partial charge in [0.15, 0.2) is 5.65 Å². The maximum atomic E-state index is 13.7. The zero-order chi connectivity index (χ0) is 28.4. The van der Waals surface area contributed by atoms with Gasteiger partial charge in [-0.3, -0.25) is 9.11 Å². The van der Waals surface area contributed by atoms with Gasteiger partial charge in [0.2, 0.25) is 0 Å². The van der Waals surface area contributed by atoms with Crippen LogP contribution in [0.25, 0.3) is 5.65 Å². The predicted molar refractivity (Wildman–Crippen MR) is 151 cm³/mol. The zero-order valence-corrected chi connectivity index (χ0v) is 24.3. The fourth-order valence-corrected chi connectivity index (χ4v) is 6.88. The first kappa shape index (κ1) is 29.0. The van der Waals surface area contributed by atoms with Crippen molar-refractivity contribution in [2.24, 2.45) is 5.92 Å². The van der Waals surface area contributed by atoms with E-state index < -0.39 is 22.5 Å². The van der Waals surface area contributed by atoms with Crippen LogP contribution < -0.4 is 4.90 Å². The smallest absolute Gasteiger partial charge is 0.378 e. The number of halogens is 3. The van der Waals surface area contributed by atoms with Crippen LogP contribution in [-0.2, 0) is 41.1 Å². The van der Waals surface area contributed by atoms with E-state index in [1.807, 2.05) is 4.52 Å². The molecule has 40 heavy (non-hydrogen) atoms. The summed E-state index contributed by atoms with van der Waals surface area (Å²) in [6, 6.07) is 6.50. The third-order valence-corrected chi connectivity index (χ3v) is 9.14. The highest BCUT2D eigenvalue weighted by Crippen LogP contribution is 2.34. The molecule has 2 aromatic heterocycles. The topological polar surface area (TPSA) is 63.0 Å². The molecule has 1 atom stereocenters. The van der Waals surface area contributed by atoms with Crippen molar-refractivity contribution in [3.8, 4) is 0 Å². The molecule has 0 bridgehead atoms. The van der Waals surface area contributed by atoms with Gasteiger partial charge in [0, 0.05) is 54.4 Å². The van der Waals surface area contributed by atoms with E-state index in [1.165, 1.54) is 6.07 Å². The summed E-state index contributed by atoms with van der Waals surface area (Å²) in [5.74, 6) is 2.03. The molecule has 1 unspecified atom stereocenters. The predicted octanol–water partition coefficient (Wildman–Crippen LogP) is 4.64. The number of rotatable bonds is 8. The van der Waals surface area contributed by atoms with Crippen molar-refractivity contribution in [3.63, 3.8) is 0 Å². The molecule has 1 aromatic carbocycles. The number of benzene rings is 1. The summed E-state index contributed by atoms with van der Waals surface area (Å²) in [7, 11) is -0.803. The SMILES string of the molecule is CCc1cc(N2CCOCC2)nn2c(Cc3cccc(C(F)(F)F)c3C)c(CN3CCC(CS(C)=O)CC3)nc12. The van der Waals surface area contributed by atoms with Crippen molar-refractivity contribution in [3.05, 3.63) is 57.9 Å². The molecule has 0 saturated carbocycles. The first-order chi connectivity index (χ1) is 19.1. The molecule has 2 aliphatic rings. The van der Waals surface area contributed by atoms with Gasteiger partial charge in [0.1, 0.15) is 5.82 Å². The van der Waals surface area contributed by atoms with Crippen molar-refractivity contribution in [1.82, 2.24) is 19.5 Å². The van der Waals surface area contributed by atoms with Crippen molar-refractivity contribution >= 4 is 22.3 Å². The highest BCUT2D eigenvalue weighted by Gasteiger charge is 2.33. The third kappa shape index (κ3) is 6.36. The van der Waals surface area contributed by atoms with Crippen LogP contribution in [0.2, 0.25) is 0 Å². The Morgan fingerprint density at radius 1 is 1.10 bits per heavy atom. The molecule has 2 fully saturated rings. The fraction of sp³-hybridized carbons (Fsp3) is 0.586. The Morgan fingerprint density at radius 3 is 2.48 bits per heavy atom. The van der Waals surface area contributed by atoms with Crippen LogP contribution in [0.1, 0.15) is 53.4 Å². The van der Waals surface area contributed by atoms with Gasteiger partial charge >= 0.3 is 6.18 Å². The largest absolute Gasteiger partial charge is 0.416 e. The maximum absolute atomic E-state index is 13.7. The monoisotopic (exact) mass is 577 g/mol. The van der Waals surface area contributed by atoms with Gasteiger partial charge in [0.25, 0.3) is 0 Å². The number of fused-ring (bicyclic) bond motifs is 1. The number of hydrogen-bond donors (Lipinski definition) is 0. The number of likely N-dealkylation sites (tertiary alicyclic amines) is 1. The van der Waals surface area contributed by atoms with E-state index in [9.17, 15) is 17.4 Å². The molecular weight excluding hydrogens is 539 g/mol. The Labute approximate surface area is 236 Å². The van der Waals surface area contributed by atoms with Gasteiger partial charge < -0.3 is 9.64 Å². The lowest BCUT2D eigenvalue weighted by Crippen LogP contribution is -2.37. The number of nitrogens with zero attached hydrogens (tertiary/aromatic N) is 5. The first-order valence-electron chi connectivity index (χ1n) is 14.0. The molecule has 0 N–H and O–H groups in total. The van der Waals surface area contributed by atoms with Crippen LogP contribution in [0.15, 0.2) is 24.3 Å². The first-order valence-corrected chi connectivity index (χ1v) is 15.8. The molecular formula is C29H38F3N5O2S. The number of piperidine rings is 1. The van der Waals surface area contributed by atoms with Crippen LogP contribution >= 0.6 is 0 Å². The minimum Gasteiger partial charge on any atom is -0.378 e. The molecule has 5 rings (SSSR count). The summed E-state index contributed by atoms with van der Waals surface area (Å²) in [5, 5.41) is 5.01. The van der Waals surface area contributed by atoms with E-state index in [4.69, 9.17) is 14.8 Å². The van der Waals surface area contributed by atoms with Gasteiger partial charge in [-0.1, -0.05) is 19.1 Å². The summed E-state index contributed by atoms with van der Waals surface area (Å²) in [6.45, 7) is 8.75. The van der Waals surface area contributed by atoms with E-state index in [0.29, 0.717) is 37.7 Å². The number of aryl methyl sites for hydroxylation is 1. The molecule has 218 valence electrons. The van der Waals surface area contributed by atoms with Gasteiger partial charge in [-0.2, -0.15) is 13.2 Å². The Kier molecular flexibility index (Phi) is 8.82. The lowest BCUT2D eigenvalue weighted by Gasteiger charge is -2.31. The van der Waals surface area contributed by atoms with E-state index in [2.05, 4.69) is 22.8 Å². The standard InChI is InChI=1S/C29H38F3N5O2S/c1-4-22-17-27(36-12-14-39-15-13-36)34-37-26(16-23-6-5-7-24(20(23)2)29(30,31)32)25(33-28(22)37)18-35-10-8-21(9-11-35)19-40(3)38/h5-7,17,21H,4,8-16,18-19H2,1-3H3. The van der Waals surface area contributed by atoms with Crippen molar-refractivity contribution < 1.29 is 22.1 Å². The lowest BCUT2D eigenvalue weighted by atomic mass is 9.97. The number of alkyl halides is 3. The summed E-state index contributed by atoms with van der Waals surface area (Å²) < 4.78 is 60.4. The molecule has 0 radical (unpaired) electrons. The van der Waals surface area contributed by atoms with Crippen LogP contribution in [0, 0.1) is 12.8 Å². The molecule has 3 aromatic rings. The number of hydrogen-bond acceptors (Lipinski definition) is 6. The molecule has 2 saturated heterocycles. The van der Waals surface area contributed by atoms with Gasteiger partial charge in [0.05, 0.1) is 30.2 Å². The highest BCUT2D eigenvalue weighted by molar-refractivity contribution is 7.84. The van der Waals surface area contributed by atoms with Crippen molar-refractivity contribution in [2.75, 3.05) is 56.3 Å². The molecule has 11 heteroatoms. The van der Waals surface area contributed by atoms with Crippen LogP contribution in [0.5, 0.6) is 0 Å². The second-order valence-electron chi connectivity index (χ2n) is 10.9. The molecule has 2 aliphatic heterocycles. The Hall–Kier alpha value is -2.50. The highest BCUT2D eigenvalue weighted by atomic mass is 32.2. The molecule has 7 nitrogen and oxygen atoms in total. The quantitative estimate of drug-likeness (QED) is 0.389. The molecule has 0 spiro atoms. The Bertz CT molecular complexity index is 1360. The van der Waals surface area contributed by atoms with Crippen LogP contribution in [-0.4, -0.2) is 75.1 Å². The third-order valence-electron chi connectivity index (χ3n) is 8.20. The van der Waals surface area contributed by atoms with E-state index in [0.717, 1.165) is 85.7 Å². The van der Waals surface area contributed by atoms with Gasteiger partial charge in [-0.15, -0.1) is 5.10 Å². The maximum Gasteiger partial charge on any atom is 0.416 e. The molecule has 0 amide bonds. The van der Waals surface area contributed by atoms with E-state index in [1.54, 1.807) is 19.2 Å². The summed E-state index contributed by atoms with van der Waals surface area (Å²) in [4.78, 5) is 9.63. The lowest BCUT2D eigenvalue weighted by molar-refractivity contribution is -0.138. The number of aromatic nitrogens is 3. The van der Waals surface area contributed by atoms with Gasteiger partial charge in [-0.25, -0.2) is 9.50 Å². The normalized spacial score (nSPS) is 18.5. The Morgan fingerprint density at radius 2 is 1.82 bits per heavy atom. The average Bonchev–Trinajstić information content (AvgIpc) is 3.26. The van der Waals surface area contributed by atoms with Crippen LogP contribution in [0.3, 0.4) is 0 Å². The number of morpholine rings is 1. The minimum atomic E-state index is -4.41. The average molecular weight is 578 g/mol. The summed E-state index contributed by atoms with van der Waals surface area (Å²) in [5.41, 5.74) is 3.78. The second kappa shape index (κ2) is 12.2. The summed E-state index contributed by atoms with van der Waals surface area (Å²) in [6.07, 6.45) is 0.381. The fourth-order valence-electron chi connectivity index (χ4n) is 5.89. The zero-order valence-electron chi connectivity index (χ0n) is 23.5. The second-order valence-corrected chi connectivity index (χ2v) is 12.4. The number of anilines is 1. The van der Waals surface area contributed by atoms with Crippen molar-refractivity contribution in [1.29, 1.82) is 0 Å². The molecule has 0 aliphatic carbocycles. The summed E-state index contributed by atoms with van der Waals surface area (Å²) >= 11 is 0. The Balaban J connectivity index is 1.54. The number of imidazole rings is 1. The van der Waals surface area contributed by atoms with Crippen molar-refractivity contribution in [2.45, 2.75) is 52.3 Å². The van der Waals surface area contributed by atoms with E-state index >= 15 is 0 Å². The van der Waals surface area contributed by atoms with Crippen LogP contribution in [0.4, 0.5) is 19.0 Å². The van der Waals surface area contributed by atoms with Gasteiger partial charge in [-0.05, 0) is 68.5 Å².